The second-order valence-corrected chi connectivity index (χ2v) is 4.65. The Bertz CT molecular complexity index is 360. The van der Waals surface area contributed by atoms with Crippen LogP contribution in [-0.2, 0) is 4.79 Å². The first-order chi connectivity index (χ1) is 7.72. The maximum atomic E-state index is 11.8. The van der Waals surface area contributed by atoms with Crippen LogP contribution in [0.5, 0.6) is 0 Å². The molecular weight excluding hydrogens is 198 g/mol. The second-order valence-electron chi connectivity index (χ2n) is 4.65. The summed E-state index contributed by atoms with van der Waals surface area (Å²) in [5.74, 6) is 1.13. The van der Waals surface area contributed by atoms with E-state index in [4.69, 9.17) is 0 Å². The number of carbonyl (C=O) groups excluding carboxylic acids is 1. The van der Waals surface area contributed by atoms with Crippen molar-refractivity contribution < 1.29 is 4.79 Å². The summed E-state index contributed by atoms with van der Waals surface area (Å²) in [5.41, 5.74) is 1.17. The van der Waals surface area contributed by atoms with Gasteiger partial charge in [-0.3, -0.25) is 4.79 Å². The Kier molecular flexibility index (Phi) is 3.28. The normalized spacial score (nSPS) is 24.9. The number of rotatable bonds is 4. The van der Waals surface area contributed by atoms with Gasteiger partial charge < -0.3 is 5.32 Å². The molecule has 0 unspecified atom stereocenters. The van der Waals surface area contributed by atoms with Gasteiger partial charge in [0.15, 0.2) is 0 Å². The molecule has 0 radical (unpaired) electrons. The van der Waals surface area contributed by atoms with Crippen LogP contribution in [0.3, 0.4) is 0 Å². The molecule has 2 rings (SSSR count). The predicted molar refractivity (Wildman–Crippen MR) is 64.9 cm³/mol. The molecule has 0 aromatic heterocycles. The summed E-state index contributed by atoms with van der Waals surface area (Å²) in [6.07, 6.45) is 2.20. The SMILES string of the molecule is CC[C@H]1C[C@@H]1C(=O)N[C@@H](C)c1ccccc1. The molecule has 1 saturated carbocycles. The smallest absolute Gasteiger partial charge is 0.223 e. The van der Waals surface area contributed by atoms with Crippen molar-refractivity contribution in [2.75, 3.05) is 0 Å². The van der Waals surface area contributed by atoms with Gasteiger partial charge in [0.25, 0.3) is 0 Å². The van der Waals surface area contributed by atoms with Gasteiger partial charge in [-0.05, 0) is 24.8 Å². The highest BCUT2D eigenvalue weighted by atomic mass is 16.2. The largest absolute Gasteiger partial charge is 0.349 e. The van der Waals surface area contributed by atoms with Gasteiger partial charge in [0.1, 0.15) is 0 Å². The average Bonchev–Trinajstić information content (AvgIpc) is 3.09. The van der Waals surface area contributed by atoms with Crippen LogP contribution in [0.25, 0.3) is 0 Å². The third kappa shape index (κ3) is 2.43. The summed E-state index contributed by atoms with van der Waals surface area (Å²) in [7, 11) is 0. The van der Waals surface area contributed by atoms with Crippen LogP contribution in [-0.4, -0.2) is 5.91 Å². The second kappa shape index (κ2) is 4.69. The molecule has 2 heteroatoms. The van der Waals surface area contributed by atoms with E-state index in [-0.39, 0.29) is 17.9 Å². The Labute approximate surface area is 97.1 Å². The molecule has 0 spiro atoms. The van der Waals surface area contributed by atoms with Gasteiger partial charge in [-0.15, -0.1) is 0 Å². The van der Waals surface area contributed by atoms with Gasteiger partial charge in [-0.2, -0.15) is 0 Å². The molecule has 0 bridgehead atoms. The minimum Gasteiger partial charge on any atom is -0.349 e. The van der Waals surface area contributed by atoms with Crippen molar-refractivity contribution >= 4 is 5.91 Å². The quantitative estimate of drug-likeness (QED) is 0.825. The van der Waals surface area contributed by atoms with Crippen molar-refractivity contribution in [2.24, 2.45) is 11.8 Å². The molecule has 1 N–H and O–H groups in total. The lowest BCUT2D eigenvalue weighted by Crippen LogP contribution is -2.28. The molecule has 1 fully saturated rings. The summed E-state index contributed by atoms with van der Waals surface area (Å²) in [5, 5.41) is 3.08. The van der Waals surface area contributed by atoms with E-state index in [0.717, 1.165) is 12.8 Å². The van der Waals surface area contributed by atoms with E-state index >= 15 is 0 Å². The summed E-state index contributed by atoms with van der Waals surface area (Å²) in [6, 6.07) is 10.2. The standard InChI is InChI=1S/C14H19NO/c1-3-11-9-13(11)14(16)15-10(2)12-7-5-4-6-8-12/h4-8,10-11,13H,3,9H2,1-2H3,(H,15,16)/t10-,11-,13-/m0/s1. The molecule has 16 heavy (non-hydrogen) atoms. The number of benzene rings is 1. The third-order valence-corrected chi connectivity index (χ3v) is 3.44. The van der Waals surface area contributed by atoms with Gasteiger partial charge in [0, 0.05) is 5.92 Å². The number of nitrogens with one attached hydrogen (secondary N) is 1. The fourth-order valence-electron chi connectivity index (χ4n) is 2.17. The van der Waals surface area contributed by atoms with E-state index in [0.29, 0.717) is 5.92 Å². The van der Waals surface area contributed by atoms with E-state index in [9.17, 15) is 4.79 Å². The molecular formula is C14H19NO. The molecule has 1 aliphatic rings. The van der Waals surface area contributed by atoms with Gasteiger partial charge in [0.05, 0.1) is 6.04 Å². The van der Waals surface area contributed by atoms with E-state index in [1.165, 1.54) is 5.56 Å². The number of hydrogen-bond acceptors (Lipinski definition) is 1. The maximum Gasteiger partial charge on any atom is 0.223 e. The molecule has 0 saturated heterocycles. The monoisotopic (exact) mass is 217 g/mol. The van der Waals surface area contributed by atoms with Gasteiger partial charge in [-0.1, -0.05) is 43.7 Å². The van der Waals surface area contributed by atoms with Crippen LogP contribution >= 0.6 is 0 Å². The van der Waals surface area contributed by atoms with Crippen LogP contribution in [0.2, 0.25) is 0 Å². The van der Waals surface area contributed by atoms with Crippen LogP contribution < -0.4 is 5.32 Å². The third-order valence-electron chi connectivity index (χ3n) is 3.44. The number of hydrogen-bond donors (Lipinski definition) is 1. The minimum atomic E-state index is 0.117. The van der Waals surface area contributed by atoms with E-state index in [1.807, 2.05) is 25.1 Å². The summed E-state index contributed by atoms with van der Waals surface area (Å²) < 4.78 is 0. The van der Waals surface area contributed by atoms with Crippen molar-refractivity contribution in [3.8, 4) is 0 Å². The Hall–Kier alpha value is -1.31. The van der Waals surface area contributed by atoms with E-state index in [1.54, 1.807) is 0 Å². The van der Waals surface area contributed by atoms with Crippen molar-refractivity contribution in [3.63, 3.8) is 0 Å². The molecule has 0 aliphatic heterocycles. The lowest BCUT2D eigenvalue weighted by molar-refractivity contribution is -0.123. The highest BCUT2D eigenvalue weighted by molar-refractivity contribution is 5.81. The lowest BCUT2D eigenvalue weighted by Gasteiger charge is -2.14. The fourth-order valence-corrected chi connectivity index (χ4v) is 2.17. The highest BCUT2D eigenvalue weighted by Crippen LogP contribution is 2.41. The fraction of sp³-hybridized carbons (Fsp3) is 0.500. The topological polar surface area (TPSA) is 29.1 Å². The molecule has 86 valence electrons. The van der Waals surface area contributed by atoms with Crippen LogP contribution in [0.1, 0.15) is 38.3 Å². The van der Waals surface area contributed by atoms with Crippen molar-refractivity contribution in [1.82, 2.24) is 5.32 Å². The van der Waals surface area contributed by atoms with E-state index < -0.39 is 0 Å². The predicted octanol–water partition coefficient (Wildman–Crippen LogP) is 2.91. The molecule has 0 heterocycles. The first kappa shape index (κ1) is 11.2. The van der Waals surface area contributed by atoms with Crippen LogP contribution in [0.15, 0.2) is 30.3 Å². The Morgan fingerprint density at radius 3 is 2.69 bits per heavy atom. The molecule has 2 nitrogen and oxygen atoms in total. The number of carbonyl (C=O) groups is 1. The van der Waals surface area contributed by atoms with Crippen molar-refractivity contribution in [2.45, 2.75) is 32.7 Å². The van der Waals surface area contributed by atoms with Gasteiger partial charge in [0.2, 0.25) is 5.91 Å². The Balaban J connectivity index is 1.88. The lowest BCUT2D eigenvalue weighted by atomic mass is 10.1. The van der Waals surface area contributed by atoms with Crippen LogP contribution in [0.4, 0.5) is 0 Å². The minimum absolute atomic E-state index is 0.117. The number of amides is 1. The average molecular weight is 217 g/mol. The summed E-state index contributed by atoms with van der Waals surface area (Å²) in [6.45, 7) is 4.19. The van der Waals surface area contributed by atoms with Gasteiger partial charge in [-0.25, -0.2) is 0 Å². The highest BCUT2D eigenvalue weighted by Gasteiger charge is 2.41. The molecule has 1 aliphatic carbocycles. The zero-order valence-electron chi connectivity index (χ0n) is 9.94. The first-order valence-electron chi connectivity index (χ1n) is 6.07. The summed E-state index contributed by atoms with van der Waals surface area (Å²) >= 11 is 0. The van der Waals surface area contributed by atoms with Gasteiger partial charge >= 0.3 is 0 Å². The maximum absolute atomic E-state index is 11.8. The zero-order chi connectivity index (χ0) is 11.5. The Morgan fingerprint density at radius 2 is 2.12 bits per heavy atom. The van der Waals surface area contributed by atoms with Crippen molar-refractivity contribution in [3.05, 3.63) is 35.9 Å². The molecule has 1 aromatic rings. The van der Waals surface area contributed by atoms with Crippen LogP contribution in [0, 0.1) is 11.8 Å². The zero-order valence-corrected chi connectivity index (χ0v) is 9.94. The van der Waals surface area contributed by atoms with Crippen molar-refractivity contribution in [1.29, 1.82) is 0 Å². The summed E-state index contributed by atoms with van der Waals surface area (Å²) in [4.78, 5) is 11.8. The van der Waals surface area contributed by atoms with E-state index in [2.05, 4.69) is 24.4 Å². The molecule has 1 amide bonds. The molecule has 3 atom stereocenters. The Morgan fingerprint density at radius 1 is 1.44 bits per heavy atom. The first-order valence-corrected chi connectivity index (χ1v) is 6.07. The molecule has 1 aromatic carbocycles.